The Morgan fingerprint density at radius 1 is 1.47 bits per heavy atom. The van der Waals surface area contributed by atoms with Gasteiger partial charge in [0.1, 0.15) is 6.29 Å². The monoisotopic (exact) mass is 206 g/mol. The highest BCUT2D eigenvalue weighted by Crippen LogP contribution is 2.18. The fourth-order valence-electron chi connectivity index (χ4n) is 1.56. The first-order chi connectivity index (χ1) is 6.92. The number of carbonyl (C=O) groups excluding carboxylic acids is 1. The molecule has 2 heteroatoms. The molecular formula is C13H18O2. The fourth-order valence-corrected chi connectivity index (χ4v) is 1.56. The first-order valence-electron chi connectivity index (χ1n) is 5.19. The molecule has 1 N–H and O–H groups in total. The summed E-state index contributed by atoms with van der Waals surface area (Å²) in [5.41, 5.74) is 1.36. The molecule has 0 saturated heterocycles. The molecule has 1 aromatic rings. The number of hydrogen-bond acceptors (Lipinski definition) is 2. The summed E-state index contributed by atoms with van der Waals surface area (Å²) in [5.74, 6) is -0.0771. The zero-order chi connectivity index (χ0) is 11.5. The van der Waals surface area contributed by atoms with Gasteiger partial charge >= 0.3 is 0 Å². The van der Waals surface area contributed by atoms with Crippen molar-refractivity contribution in [3.05, 3.63) is 35.4 Å². The lowest BCUT2D eigenvalue weighted by molar-refractivity contribution is -0.108. The van der Waals surface area contributed by atoms with Crippen LogP contribution in [0.4, 0.5) is 0 Å². The quantitative estimate of drug-likeness (QED) is 0.767. The maximum Gasteiger partial charge on any atom is 0.127 e. The normalized spacial score (nSPS) is 13.6. The van der Waals surface area contributed by atoms with E-state index in [-0.39, 0.29) is 5.92 Å². The first kappa shape index (κ1) is 11.9. The lowest BCUT2D eigenvalue weighted by Gasteiger charge is -2.17. The second-order valence-corrected chi connectivity index (χ2v) is 4.66. The van der Waals surface area contributed by atoms with Crippen molar-refractivity contribution in [2.24, 2.45) is 0 Å². The number of carbonyl (C=O) groups is 1. The Balaban J connectivity index is 2.88. The molecule has 0 aliphatic carbocycles. The molecule has 0 aromatic heterocycles. The number of benzene rings is 1. The molecule has 0 amide bonds. The molecule has 0 aliphatic heterocycles. The minimum absolute atomic E-state index is 0.0771. The van der Waals surface area contributed by atoms with Gasteiger partial charge in [-0.05, 0) is 25.0 Å². The summed E-state index contributed by atoms with van der Waals surface area (Å²) in [5, 5.41) is 9.69. The summed E-state index contributed by atoms with van der Waals surface area (Å²) < 4.78 is 0. The highest BCUT2D eigenvalue weighted by Gasteiger charge is 2.14. The molecule has 0 heterocycles. The predicted octanol–water partition coefficient (Wildman–Crippen LogP) is 2.30. The third-order valence-electron chi connectivity index (χ3n) is 2.32. The lowest BCUT2D eigenvalue weighted by Crippen LogP contribution is -2.21. The summed E-state index contributed by atoms with van der Waals surface area (Å²) in [7, 11) is 0. The van der Waals surface area contributed by atoms with Gasteiger partial charge in [0.05, 0.1) is 5.60 Å². The van der Waals surface area contributed by atoms with Gasteiger partial charge in [-0.15, -0.1) is 0 Å². The van der Waals surface area contributed by atoms with Crippen molar-refractivity contribution >= 4 is 6.29 Å². The van der Waals surface area contributed by atoms with E-state index in [4.69, 9.17) is 0 Å². The number of aldehydes is 1. The standard InChI is InChI=1S/C13H18O2/c1-10(9-14)12-6-4-5-11(7-12)8-13(2,3)15/h4-7,9-10,15H,8H2,1-3H3. The molecule has 0 saturated carbocycles. The Morgan fingerprint density at radius 3 is 2.67 bits per heavy atom. The predicted molar refractivity (Wildman–Crippen MR) is 60.9 cm³/mol. The summed E-state index contributed by atoms with van der Waals surface area (Å²) in [6.07, 6.45) is 1.54. The van der Waals surface area contributed by atoms with E-state index < -0.39 is 5.60 Å². The molecule has 1 rings (SSSR count). The van der Waals surface area contributed by atoms with E-state index in [1.54, 1.807) is 13.8 Å². The molecule has 0 spiro atoms. The van der Waals surface area contributed by atoms with Crippen LogP contribution in [-0.4, -0.2) is 17.0 Å². The molecule has 0 aliphatic rings. The Labute approximate surface area is 90.9 Å². The van der Waals surface area contributed by atoms with Gasteiger partial charge in [-0.25, -0.2) is 0 Å². The third-order valence-corrected chi connectivity index (χ3v) is 2.32. The van der Waals surface area contributed by atoms with E-state index >= 15 is 0 Å². The average molecular weight is 206 g/mol. The van der Waals surface area contributed by atoms with Crippen LogP contribution < -0.4 is 0 Å². The Morgan fingerprint density at radius 2 is 2.13 bits per heavy atom. The van der Waals surface area contributed by atoms with Crippen LogP contribution in [-0.2, 0) is 11.2 Å². The van der Waals surface area contributed by atoms with Crippen molar-refractivity contribution in [3.63, 3.8) is 0 Å². The second kappa shape index (κ2) is 4.58. The lowest BCUT2D eigenvalue weighted by atomic mass is 9.94. The molecule has 1 unspecified atom stereocenters. The van der Waals surface area contributed by atoms with Crippen LogP contribution >= 0.6 is 0 Å². The van der Waals surface area contributed by atoms with E-state index in [1.807, 2.05) is 31.2 Å². The van der Waals surface area contributed by atoms with Gasteiger partial charge < -0.3 is 9.90 Å². The molecule has 0 fully saturated rings. The average Bonchev–Trinajstić information content (AvgIpc) is 2.14. The van der Waals surface area contributed by atoms with Crippen molar-refractivity contribution in [1.29, 1.82) is 0 Å². The minimum atomic E-state index is -0.705. The molecule has 2 nitrogen and oxygen atoms in total. The second-order valence-electron chi connectivity index (χ2n) is 4.66. The van der Waals surface area contributed by atoms with Crippen LogP contribution in [0.2, 0.25) is 0 Å². The van der Waals surface area contributed by atoms with E-state index in [9.17, 15) is 9.90 Å². The number of rotatable bonds is 4. The van der Waals surface area contributed by atoms with E-state index in [2.05, 4.69) is 0 Å². The van der Waals surface area contributed by atoms with Crippen molar-refractivity contribution in [2.75, 3.05) is 0 Å². The van der Waals surface area contributed by atoms with Gasteiger partial charge in [0, 0.05) is 12.3 Å². The van der Waals surface area contributed by atoms with Crippen molar-refractivity contribution in [2.45, 2.75) is 38.7 Å². The van der Waals surface area contributed by atoms with Crippen LogP contribution in [0, 0.1) is 0 Å². The molecular weight excluding hydrogens is 188 g/mol. The maximum absolute atomic E-state index is 10.7. The fraction of sp³-hybridized carbons (Fsp3) is 0.462. The molecule has 15 heavy (non-hydrogen) atoms. The topological polar surface area (TPSA) is 37.3 Å². The van der Waals surface area contributed by atoms with Crippen molar-refractivity contribution < 1.29 is 9.90 Å². The largest absolute Gasteiger partial charge is 0.390 e. The van der Waals surface area contributed by atoms with Gasteiger partial charge in [-0.1, -0.05) is 31.2 Å². The minimum Gasteiger partial charge on any atom is -0.390 e. The SMILES string of the molecule is CC(C=O)c1cccc(CC(C)(C)O)c1. The zero-order valence-electron chi connectivity index (χ0n) is 9.53. The van der Waals surface area contributed by atoms with Crippen LogP contribution in [0.3, 0.4) is 0 Å². The van der Waals surface area contributed by atoms with Crippen LogP contribution in [0.25, 0.3) is 0 Å². The highest BCUT2D eigenvalue weighted by atomic mass is 16.3. The Hall–Kier alpha value is -1.15. The van der Waals surface area contributed by atoms with Crippen molar-refractivity contribution in [1.82, 2.24) is 0 Å². The van der Waals surface area contributed by atoms with Crippen LogP contribution in [0.1, 0.15) is 37.8 Å². The number of aliphatic hydroxyl groups is 1. The zero-order valence-corrected chi connectivity index (χ0v) is 9.53. The van der Waals surface area contributed by atoms with E-state index in [0.29, 0.717) is 6.42 Å². The summed E-state index contributed by atoms with van der Waals surface area (Å²) >= 11 is 0. The van der Waals surface area contributed by atoms with Crippen LogP contribution in [0.15, 0.2) is 24.3 Å². The summed E-state index contributed by atoms with van der Waals surface area (Å²) in [6.45, 7) is 5.43. The van der Waals surface area contributed by atoms with Gasteiger partial charge in [0.2, 0.25) is 0 Å². The van der Waals surface area contributed by atoms with Gasteiger partial charge in [0.25, 0.3) is 0 Å². The Kier molecular flexibility index (Phi) is 3.64. The molecule has 1 atom stereocenters. The maximum atomic E-state index is 10.7. The summed E-state index contributed by atoms with van der Waals surface area (Å²) in [4.78, 5) is 10.7. The van der Waals surface area contributed by atoms with Gasteiger partial charge in [0.15, 0.2) is 0 Å². The molecule has 1 aromatic carbocycles. The molecule has 82 valence electrons. The summed E-state index contributed by atoms with van der Waals surface area (Å²) in [6, 6.07) is 7.82. The number of hydrogen-bond donors (Lipinski definition) is 1. The van der Waals surface area contributed by atoms with Gasteiger partial charge in [-0.2, -0.15) is 0 Å². The van der Waals surface area contributed by atoms with E-state index in [1.165, 1.54) is 0 Å². The first-order valence-corrected chi connectivity index (χ1v) is 5.19. The van der Waals surface area contributed by atoms with Crippen molar-refractivity contribution in [3.8, 4) is 0 Å². The third kappa shape index (κ3) is 3.84. The smallest absolute Gasteiger partial charge is 0.127 e. The molecule has 0 bridgehead atoms. The van der Waals surface area contributed by atoms with E-state index in [0.717, 1.165) is 17.4 Å². The highest BCUT2D eigenvalue weighted by molar-refractivity contribution is 5.61. The Bertz CT molecular complexity index is 337. The molecule has 0 radical (unpaired) electrons. The van der Waals surface area contributed by atoms with Crippen LogP contribution in [0.5, 0.6) is 0 Å². The van der Waals surface area contributed by atoms with Gasteiger partial charge in [-0.3, -0.25) is 0 Å².